The van der Waals surface area contributed by atoms with Crippen LogP contribution < -0.4 is 0 Å². The van der Waals surface area contributed by atoms with E-state index in [9.17, 15) is 14.4 Å². The highest BCUT2D eigenvalue weighted by atomic mass is 32.2. The highest BCUT2D eigenvalue weighted by Gasteiger charge is 2.47. The zero-order chi connectivity index (χ0) is 45.0. The van der Waals surface area contributed by atoms with Crippen LogP contribution >= 0.6 is 11.8 Å². The van der Waals surface area contributed by atoms with Crippen molar-refractivity contribution in [2.45, 2.75) is 138 Å². The maximum atomic E-state index is 13.7. The SMILES string of the molecule is C=Cc1c(C)c2cc3nc(c(C)c4cc(C)c(cc5nc(cc1[nH]2)C(C)=C5CC)[nH]4)C(CCC(=O)N(C)CCCCCS[C@@H]1O[C@H](CC)[C@@H](OC(C)=O)[C@H](OC(C)=O)[C@H]1C)=C3C. The number of aromatic nitrogens is 4. The minimum Gasteiger partial charge on any atom is -0.458 e. The first-order valence-corrected chi connectivity index (χ1v) is 23.2. The Hall–Kier alpha value is -4.94. The minimum absolute atomic E-state index is 0.105. The molecule has 0 unspecified atom stereocenters. The molecule has 0 spiro atoms. The third-order valence-electron chi connectivity index (χ3n) is 12.7. The molecule has 6 rings (SSSR count). The topological polar surface area (TPSA) is 140 Å². The van der Waals surface area contributed by atoms with Crippen molar-refractivity contribution in [2.75, 3.05) is 19.3 Å². The largest absolute Gasteiger partial charge is 0.458 e. The standard InChI is InChI=1S/C50H65N5O6S/c1-13-35-29(6)41-26-44-36(14-2)28(5)40(52-44)25-42-30(7)37(47(54-42)31(8)39-23-27(4)38(51-39)24-43(35)53-41)19-20-46(58)55(12)21-17-16-18-22-62-50-32(9)48(59-33(10)56)49(60-34(11)57)45(15-3)61-50/h14,23-26,32,45,48-52H,2,13,15-22H2,1,3-12H3/t32-,45-,48-,49-,50+/m1/s1. The van der Waals surface area contributed by atoms with E-state index in [0.717, 1.165) is 110 Å². The monoisotopic (exact) mass is 863 g/mol. The summed E-state index contributed by atoms with van der Waals surface area (Å²) in [5.74, 6) is -0.0133. The fourth-order valence-electron chi connectivity index (χ4n) is 8.97. The van der Waals surface area contributed by atoms with Gasteiger partial charge in [0, 0.05) is 67.4 Å². The van der Waals surface area contributed by atoms with Gasteiger partial charge in [-0.15, -0.1) is 11.8 Å². The van der Waals surface area contributed by atoms with Crippen LogP contribution in [0.5, 0.6) is 0 Å². The molecule has 3 aromatic rings. The Morgan fingerprint density at radius 1 is 0.823 bits per heavy atom. The second kappa shape index (κ2) is 20.1. The van der Waals surface area contributed by atoms with Gasteiger partial charge < -0.3 is 29.1 Å². The van der Waals surface area contributed by atoms with E-state index in [1.54, 1.807) is 11.8 Å². The first-order valence-electron chi connectivity index (χ1n) is 22.2. The van der Waals surface area contributed by atoms with Gasteiger partial charge in [-0.25, -0.2) is 9.97 Å². The summed E-state index contributed by atoms with van der Waals surface area (Å²) in [4.78, 5) is 57.1. The molecule has 2 N–H and O–H groups in total. The molecule has 3 aliphatic heterocycles. The fraction of sp³-hybridized carbons (Fsp3) is 0.500. The average Bonchev–Trinajstić information content (AvgIpc) is 3.93. The van der Waals surface area contributed by atoms with Crippen molar-refractivity contribution < 1.29 is 28.6 Å². The molecule has 11 nitrogen and oxygen atoms in total. The van der Waals surface area contributed by atoms with Crippen molar-refractivity contribution in [1.29, 1.82) is 0 Å². The smallest absolute Gasteiger partial charge is 0.303 e. The minimum atomic E-state index is -0.632. The van der Waals surface area contributed by atoms with Crippen molar-refractivity contribution in [3.05, 3.63) is 75.9 Å². The number of H-pyrrole nitrogens is 2. The molecule has 0 aliphatic carbocycles. The normalized spacial score (nSPS) is 20.1. The summed E-state index contributed by atoms with van der Waals surface area (Å²) >= 11 is 1.70. The average molecular weight is 864 g/mol. The zero-order valence-corrected chi connectivity index (χ0v) is 39.4. The number of hydrogen-bond donors (Lipinski definition) is 2. The molecule has 0 saturated carbocycles. The number of nitrogens with one attached hydrogen (secondary N) is 2. The quantitative estimate of drug-likeness (QED) is 0.113. The number of thioether (sulfide) groups is 1. The van der Waals surface area contributed by atoms with Gasteiger partial charge in [-0.2, -0.15) is 0 Å². The number of carbonyl (C=O) groups is 3. The number of ether oxygens (including phenoxy) is 3. The highest BCUT2D eigenvalue weighted by molar-refractivity contribution is 7.99. The number of aromatic amines is 2. The van der Waals surface area contributed by atoms with Crippen molar-refractivity contribution >= 4 is 80.0 Å². The number of rotatable bonds is 15. The van der Waals surface area contributed by atoms with E-state index in [2.05, 4.69) is 82.4 Å². The van der Waals surface area contributed by atoms with Crippen LogP contribution in [0.25, 0.3) is 50.4 Å². The number of fused-ring (bicyclic) bond motifs is 8. The Labute approximate surface area is 371 Å². The summed E-state index contributed by atoms with van der Waals surface area (Å²) < 4.78 is 17.6. The molecule has 8 bridgehead atoms. The summed E-state index contributed by atoms with van der Waals surface area (Å²) in [5, 5.41) is 0. The van der Waals surface area contributed by atoms with Crippen LogP contribution in [0.2, 0.25) is 0 Å². The van der Waals surface area contributed by atoms with E-state index in [1.807, 2.05) is 31.9 Å². The summed E-state index contributed by atoms with van der Waals surface area (Å²) in [6, 6.07) is 8.61. The van der Waals surface area contributed by atoms with Crippen LogP contribution in [0.1, 0.15) is 138 Å². The van der Waals surface area contributed by atoms with Crippen molar-refractivity contribution in [3.63, 3.8) is 0 Å². The van der Waals surface area contributed by atoms with E-state index in [0.29, 0.717) is 25.8 Å². The van der Waals surface area contributed by atoms with E-state index in [4.69, 9.17) is 24.2 Å². The molecule has 1 saturated heterocycles. The second-order valence-electron chi connectivity index (χ2n) is 17.0. The van der Waals surface area contributed by atoms with Gasteiger partial charge in [-0.05, 0) is 136 Å². The Morgan fingerprint density at radius 3 is 2.13 bits per heavy atom. The molecule has 3 aromatic heterocycles. The van der Waals surface area contributed by atoms with Crippen LogP contribution in [0.4, 0.5) is 0 Å². The number of amides is 1. The van der Waals surface area contributed by atoms with Gasteiger partial charge >= 0.3 is 11.9 Å². The summed E-state index contributed by atoms with van der Waals surface area (Å²) in [5.41, 5.74) is 16.3. The van der Waals surface area contributed by atoms with Gasteiger partial charge in [0.1, 0.15) is 11.5 Å². The summed E-state index contributed by atoms with van der Waals surface area (Å²) in [7, 11) is 1.89. The van der Waals surface area contributed by atoms with Gasteiger partial charge in [0.25, 0.3) is 0 Å². The lowest BCUT2D eigenvalue weighted by Gasteiger charge is -2.44. The number of unbranched alkanes of at least 4 members (excludes halogenated alkanes) is 2. The Balaban J connectivity index is 1.15. The number of allylic oxidation sites excluding steroid dienone is 4. The van der Waals surface area contributed by atoms with Gasteiger partial charge in [-0.1, -0.05) is 39.8 Å². The number of aryl methyl sites for hydroxylation is 3. The number of hydrogen-bond acceptors (Lipinski definition) is 9. The predicted octanol–water partition coefficient (Wildman–Crippen LogP) is 10.9. The summed E-state index contributed by atoms with van der Waals surface area (Å²) in [6.07, 6.45) is 5.60. The molecule has 5 atom stereocenters. The maximum absolute atomic E-state index is 13.7. The summed E-state index contributed by atoms with van der Waals surface area (Å²) in [6.45, 7) is 24.3. The molecule has 0 aromatic carbocycles. The van der Waals surface area contributed by atoms with E-state index in [-0.39, 0.29) is 23.4 Å². The van der Waals surface area contributed by atoms with Crippen molar-refractivity contribution in [1.82, 2.24) is 24.8 Å². The molecule has 6 heterocycles. The first kappa shape index (κ1) is 46.6. The molecule has 12 heteroatoms. The lowest BCUT2D eigenvalue weighted by molar-refractivity contribution is -0.210. The Bertz CT molecular complexity index is 2460. The van der Waals surface area contributed by atoms with E-state index < -0.39 is 24.1 Å². The zero-order valence-electron chi connectivity index (χ0n) is 38.5. The molecule has 332 valence electrons. The predicted molar refractivity (Wildman–Crippen MR) is 253 cm³/mol. The lowest BCUT2D eigenvalue weighted by Crippen LogP contribution is -2.55. The van der Waals surface area contributed by atoms with E-state index >= 15 is 0 Å². The number of esters is 2. The third kappa shape index (κ3) is 9.97. The van der Waals surface area contributed by atoms with Gasteiger partial charge in [0.2, 0.25) is 5.91 Å². The first-order chi connectivity index (χ1) is 29.6. The molecule has 1 fully saturated rings. The van der Waals surface area contributed by atoms with Crippen molar-refractivity contribution in [2.24, 2.45) is 5.92 Å². The second-order valence-corrected chi connectivity index (χ2v) is 18.2. The molecule has 62 heavy (non-hydrogen) atoms. The van der Waals surface area contributed by atoms with Crippen LogP contribution in [0.3, 0.4) is 0 Å². The molecular formula is C50H65N5O6S. The van der Waals surface area contributed by atoms with Crippen LogP contribution in [0.15, 0.2) is 30.8 Å². The van der Waals surface area contributed by atoms with E-state index in [1.165, 1.54) is 25.0 Å². The van der Waals surface area contributed by atoms with Crippen molar-refractivity contribution in [3.8, 4) is 0 Å². The third-order valence-corrected chi connectivity index (χ3v) is 14.1. The van der Waals surface area contributed by atoms with Gasteiger partial charge in [-0.3, -0.25) is 14.4 Å². The lowest BCUT2D eigenvalue weighted by atomic mass is 9.92. The maximum Gasteiger partial charge on any atom is 0.303 e. The Morgan fingerprint density at radius 2 is 1.45 bits per heavy atom. The fourth-order valence-corrected chi connectivity index (χ4v) is 10.2. The van der Waals surface area contributed by atoms with Crippen LogP contribution in [0, 0.1) is 26.7 Å². The number of carbonyl (C=O) groups excluding carboxylic acids is 3. The van der Waals surface area contributed by atoms with Gasteiger partial charge in [0.15, 0.2) is 6.10 Å². The molecule has 3 aliphatic rings. The molecule has 0 radical (unpaired) electrons. The Kier molecular flexibility index (Phi) is 15.1. The van der Waals surface area contributed by atoms with Crippen LogP contribution in [-0.2, 0) is 28.6 Å². The van der Waals surface area contributed by atoms with Crippen LogP contribution in [-0.4, -0.2) is 85.8 Å². The molecule has 1 amide bonds. The highest BCUT2D eigenvalue weighted by Crippen LogP contribution is 2.39. The number of nitrogens with zero attached hydrogens (tertiary/aromatic N) is 3. The molecular weight excluding hydrogens is 799 g/mol. The van der Waals surface area contributed by atoms with Gasteiger partial charge in [0.05, 0.1) is 28.9 Å².